The lowest BCUT2D eigenvalue weighted by molar-refractivity contribution is -0.138. The molecule has 2 aromatic heterocycles. The summed E-state index contributed by atoms with van der Waals surface area (Å²) < 4.78 is 26.4. The van der Waals surface area contributed by atoms with Gasteiger partial charge in [-0.15, -0.1) is 0 Å². The minimum absolute atomic E-state index is 0.0387. The molecule has 0 unspecified atom stereocenters. The van der Waals surface area contributed by atoms with Gasteiger partial charge in [-0.1, -0.05) is 30.4 Å². The van der Waals surface area contributed by atoms with E-state index in [-0.39, 0.29) is 24.5 Å². The van der Waals surface area contributed by atoms with Gasteiger partial charge in [-0.05, 0) is 25.5 Å². The Hall–Kier alpha value is -3.27. The van der Waals surface area contributed by atoms with E-state index in [1.807, 2.05) is 16.7 Å². The Morgan fingerprint density at radius 1 is 1.34 bits per heavy atom. The molecule has 0 radical (unpaired) electrons. The van der Waals surface area contributed by atoms with E-state index in [4.69, 9.17) is 14.8 Å². The Bertz CT molecular complexity index is 1180. The molecule has 0 amide bonds. The van der Waals surface area contributed by atoms with Gasteiger partial charge in [-0.3, -0.25) is 9.32 Å². The third-order valence-corrected chi connectivity index (χ3v) is 6.63. The van der Waals surface area contributed by atoms with E-state index >= 15 is 0 Å². The van der Waals surface area contributed by atoms with E-state index in [9.17, 15) is 14.5 Å². The number of carboxylic acids is 1. The number of hydrogen-bond acceptors (Lipinski definition) is 8. The Morgan fingerprint density at radius 3 is 2.88 bits per heavy atom. The zero-order valence-electron chi connectivity index (χ0n) is 17.2. The predicted octanol–water partition coefficient (Wildman–Crippen LogP) is 2.79. The summed E-state index contributed by atoms with van der Waals surface area (Å²) >= 11 is 0. The van der Waals surface area contributed by atoms with Crippen LogP contribution in [0.4, 0.5) is 5.95 Å². The zero-order chi connectivity index (χ0) is 22.7. The highest BCUT2D eigenvalue weighted by Gasteiger charge is 2.33. The van der Waals surface area contributed by atoms with Crippen molar-refractivity contribution in [1.82, 2.24) is 24.6 Å². The Balaban J connectivity index is 1.44. The van der Waals surface area contributed by atoms with Gasteiger partial charge in [-0.25, -0.2) is 14.5 Å². The van der Waals surface area contributed by atoms with Crippen LogP contribution in [-0.2, 0) is 13.9 Å². The molecule has 0 saturated carbocycles. The molecule has 0 bridgehead atoms. The molecule has 4 N–H and O–H groups in total. The van der Waals surface area contributed by atoms with Gasteiger partial charge in [0, 0.05) is 5.92 Å². The molecular weight excluding hydrogens is 435 g/mol. The maximum Gasteiger partial charge on any atom is 0.459 e. The number of nitrogens with one attached hydrogen (secondary N) is 1. The third-order valence-electron chi connectivity index (χ3n) is 4.99. The first-order valence-electron chi connectivity index (χ1n) is 9.96. The molecule has 0 saturated heterocycles. The second kappa shape index (κ2) is 9.07. The predicted molar refractivity (Wildman–Crippen MR) is 117 cm³/mol. The van der Waals surface area contributed by atoms with Crippen LogP contribution in [0.1, 0.15) is 19.4 Å². The third kappa shape index (κ3) is 4.96. The highest BCUT2D eigenvalue weighted by molar-refractivity contribution is 7.52. The molecule has 1 aliphatic carbocycles. The zero-order valence-corrected chi connectivity index (χ0v) is 18.1. The number of nitrogens with two attached hydrogens (primary N) is 1. The number of benzene rings is 1. The number of nitrogen functional groups attached to an aromatic ring is 1. The van der Waals surface area contributed by atoms with Crippen molar-refractivity contribution < 1.29 is 23.5 Å². The molecule has 4 rings (SSSR count). The highest BCUT2D eigenvalue weighted by Crippen LogP contribution is 2.46. The Morgan fingerprint density at radius 2 is 2.12 bits per heavy atom. The summed E-state index contributed by atoms with van der Waals surface area (Å²) in [6.07, 6.45) is 7.84. The minimum Gasteiger partial charge on any atom is -0.480 e. The number of anilines is 1. The number of aliphatic carboxylic acids is 1. The van der Waals surface area contributed by atoms with E-state index < -0.39 is 19.8 Å². The van der Waals surface area contributed by atoms with Crippen LogP contribution in [0, 0.1) is 5.92 Å². The van der Waals surface area contributed by atoms with Gasteiger partial charge in [0.15, 0.2) is 5.65 Å². The number of aromatic nitrogens is 4. The van der Waals surface area contributed by atoms with Crippen LogP contribution in [0.3, 0.4) is 0 Å². The molecule has 0 fully saturated rings. The lowest BCUT2D eigenvalue weighted by Crippen LogP contribution is -2.33. The molecule has 0 spiro atoms. The van der Waals surface area contributed by atoms with Crippen molar-refractivity contribution >= 4 is 30.8 Å². The SMILES string of the molecule is C[C@H](N[P@@](=O)(OC[C@@H]1C=C[C@H](n2cnc3cnc(N)nc32)C1)Oc1ccccc1)C(=O)O. The maximum absolute atomic E-state index is 13.3. The normalized spacial score (nSPS) is 20.8. The van der Waals surface area contributed by atoms with Crippen LogP contribution in [0.5, 0.6) is 5.75 Å². The van der Waals surface area contributed by atoms with E-state index in [0.717, 1.165) is 0 Å². The molecule has 0 aliphatic heterocycles. The van der Waals surface area contributed by atoms with Crippen LogP contribution in [0.25, 0.3) is 11.2 Å². The fourth-order valence-electron chi connectivity index (χ4n) is 3.36. The molecule has 12 heteroatoms. The van der Waals surface area contributed by atoms with Gasteiger partial charge in [0.1, 0.15) is 17.3 Å². The second-order valence-electron chi connectivity index (χ2n) is 7.42. The average Bonchev–Trinajstić information content (AvgIpc) is 3.39. The van der Waals surface area contributed by atoms with Gasteiger partial charge >= 0.3 is 13.7 Å². The van der Waals surface area contributed by atoms with Crippen molar-refractivity contribution in [2.45, 2.75) is 25.4 Å². The van der Waals surface area contributed by atoms with Crippen LogP contribution < -0.4 is 15.3 Å². The molecule has 32 heavy (non-hydrogen) atoms. The number of carboxylic acid groups (broad SMARTS) is 1. The van der Waals surface area contributed by atoms with E-state index in [2.05, 4.69) is 20.0 Å². The number of para-hydroxylation sites is 1. The molecular formula is C20H23N6O5P. The smallest absolute Gasteiger partial charge is 0.459 e. The lowest BCUT2D eigenvalue weighted by atomic mass is 10.1. The average molecular weight is 458 g/mol. The van der Waals surface area contributed by atoms with Gasteiger partial charge in [0.25, 0.3) is 0 Å². The second-order valence-corrected chi connectivity index (χ2v) is 9.12. The number of fused-ring (bicyclic) bond motifs is 1. The first-order valence-corrected chi connectivity index (χ1v) is 11.5. The maximum atomic E-state index is 13.3. The number of rotatable bonds is 9. The summed E-state index contributed by atoms with van der Waals surface area (Å²) in [5.74, 6) is -0.771. The standard InChI is InChI=1S/C20H23N6O5P/c1-13(19(27)28)25-32(29,31-16-5-3-2-4-6-16)30-11-14-7-8-15(9-14)26-12-23-17-10-22-20(21)24-18(17)26/h2-8,10,12-15H,9,11H2,1H3,(H,25,29)(H,27,28)(H2,21,22,24)/t13-,14+,15-,32+/m0/s1. The van der Waals surface area contributed by atoms with Gasteiger partial charge in [0.05, 0.1) is 25.2 Å². The summed E-state index contributed by atoms with van der Waals surface area (Å²) in [5, 5.41) is 11.7. The summed E-state index contributed by atoms with van der Waals surface area (Å²) in [6, 6.07) is 7.29. The van der Waals surface area contributed by atoms with Gasteiger partial charge < -0.3 is 19.9 Å². The summed E-state index contributed by atoms with van der Waals surface area (Å²) in [5.41, 5.74) is 6.97. The van der Waals surface area contributed by atoms with E-state index in [1.165, 1.54) is 6.92 Å². The molecule has 1 aromatic carbocycles. The summed E-state index contributed by atoms with van der Waals surface area (Å²) in [7, 11) is -3.95. The van der Waals surface area contributed by atoms with Crippen LogP contribution in [0.2, 0.25) is 0 Å². The summed E-state index contributed by atoms with van der Waals surface area (Å²) in [4.78, 5) is 23.8. The monoisotopic (exact) mass is 458 g/mol. The number of imidazole rings is 1. The fraction of sp³-hybridized carbons (Fsp3) is 0.300. The fourth-order valence-corrected chi connectivity index (χ4v) is 4.91. The van der Waals surface area contributed by atoms with Crippen molar-refractivity contribution in [3.63, 3.8) is 0 Å². The molecule has 1 aliphatic rings. The molecule has 4 atom stereocenters. The first kappa shape index (κ1) is 21.9. The van der Waals surface area contributed by atoms with Crippen molar-refractivity contribution in [1.29, 1.82) is 0 Å². The molecule has 3 aromatic rings. The number of hydrogen-bond donors (Lipinski definition) is 3. The number of allylic oxidation sites excluding steroid dienone is 1. The minimum atomic E-state index is -3.95. The van der Waals surface area contributed by atoms with Crippen molar-refractivity contribution in [3.8, 4) is 5.75 Å². The van der Waals surface area contributed by atoms with E-state index in [0.29, 0.717) is 23.3 Å². The Kier molecular flexibility index (Phi) is 6.22. The number of carbonyl (C=O) groups is 1. The van der Waals surface area contributed by atoms with Crippen molar-refractivity contribution in [2.75, 3.05) is 12.3 Å². The number of nitrogens with zero attached hydrogens (tertiary/aromatic N) is 4. The lowest BCUT2D eigenvalue weighted by Gasteiger charge is -2.23. The van der Waals surface area contributed by atoms with Crippen LogP contribution >= 0.6 is 7.75 Å². The quantitative estimate of drug-likeness (QED) is 0.322. The van der Waals surface area contributed by atoms with Crippen LogP contribution in [0.15, 0.2) is 55.0 Å². The van der Waals surface area contributed by atoms with E-state index in [1.54, 1.807) is 42.9 Å². The molecule has 168 valence electrons. The molecule has 2 heterocycles. The van der Waals surface area contributed by atoms with Crippen molar-refractivity contribution in [2.24, 2.45) is 5.92 Å². The summed E-state index contributed by atoms with van der Waals surface area (Å²) in [6.45, 7) is 1.44. The Labute approximate surface area is 183 Å². The van der Waals surface area contributed by atoms with Crippen LogP contribution in [-0.4, -0.2) is 43.2 Å². The molecule has 11 nitrogen and oxygen atoms in total. The highest BCUT2D eigenvalue weighted by atomic mass is 31.2. The van der Waals surface area contributed by atoms with Gasteiger partial charge in [-0.2, -0.15) is 10.1 Å². The van der Waals surface area contributed by atoms with Crippen molar-refractivity contribution in [3.05, 3.63) is 55.0 Å². The first-order chi connectivity index (χ1) is 15.3. The largest absolute Gasteiger partial charge is 0.480 e. The van der Waals surface area contributed by atoms with Gasteiger partial charge in [0.2, 0.25) is 5.95 Å². The topological polar surface area (TPSA) is 154 Å².